The molecule has 4 aromatic rings. The van der Waals surface area contributed by atoms with E-state index in [1.165, 1.54) is 24.3 Å². The Morgan fingerprint density at radius 1 is 0.833 bits per heavy atom. The molecule has 0 fully saturated rings. The summed E-state index contributed by atoms with van der Waals surface area (Å²) in [5, 5.41) is 0.554. The lowest BCUT2D eigenvalue weighted by Crippen LogP contribution is -2.29. The normalized spacial score (nSPS) is 12.4. The van der Waals surface area contributed by atoms with Gasteiger partial charge in [0.2, 0.25) is 0 Å². The van der Waals surface area contributed by atoms with Gasteiger partial charge in [0.1, 0.15) is 18.1 Å². The number of hydrogen-bond donors (Lipinski definition) is 0. The number of esters is 1. The zero-order valence-electron chi connectivity index (χ0n) is 18.6. The predicted octanol–water partition coefficient (Wildman–Crippen LogP) is 7.05. The number of nitrogens with zero attached hydrogens (tertiary/aromatic N) is 1. The predicted molar refractivity (Wildman–Crippen MR) is 139 cm³/mol. The molecule has 0 saturated heterocycles. The Morgan fingerprint density at radius 3 is 2.22 bits per heavy atom. The van der Waals surface area contributed by atoms with Gasteiger partial charge in [0.15, 0.2) is 0 Å². The highest BCUT2D eigenvalue weighted by molar-refractivity contribution is 9.10. The summed E-state index contributed by atoms with van der Waals surface area (Å²) in [6.45, 7) is 0.128. The Hall–Kier alpha value is -3.94. The fourth-order valence-corrected chi connectivity index (χ4v) is 4.15. The zero-order valence-corrected chi connectivity index (χ0v) is 21.0. The number of anilines is 1. The molecule has 1 aliphatic heterocycles. The molecule has 1 aliphatic rings. The van der Waals surface area contributed by atoms with Gasteiger partial charge in [-0.15, -0.1) is 0 Å². The van der Waals surface area contributed by atoms with Crippen LogP contribution in [0.1, 0.15) is 36.6 Å². The van der Waals surface area contributed by atoms with Crippen LogP contribution in [0.25, 0.3) is 0 Å². The fraction of sp³-hybridized carbons (Fsp3) is 0.0357. The van der Waals surface area contributed by atoms with Crippen molar-refractivity contribution in [3.63, 3.8) is 0 Å². The summed E-state index contributed by atoms with van der Waals surface area (Å²) in [5.41, 5.74) is 1.91. The molecule has 1 heterocycles. The van der Waals surface area contributed by atoms with E-state index in [1.54, 1.807) is 42.5 Å². The minimum Gasteiger partial charge on any atom is -0.457 e. The lowest BCUT2D eigenvalue weighted by atomic mass is 10.1. The molecule has 6 nitrogen and oxygen atoms in total. The molecule has 0 N–H and O–H groups in total. The number of carbonyl (C=O) groups is 3. The van der Waals surface area contributed by atoms with Gasteiger partial charge in [-0.3, -0.25) is 9.59 Å². The molecule has 0 bridgehead atoms. The van der Waals surface area contributed by atoms with E-state index in [1.807, 2.05) is 24.3 Å². The van der Waals surface area contributed by atoms with E-state index >= 15 is 0 Å². The quantitative estimate of drug-likeness (QED) is 0.186. The summed E-state index contributed by atoms with van der Waals surface area (Å²) in [5.74, 6) is -0.737. The maximum absolute atomic E-state index is 13.3. The molecule has 5 rings (SSSR count). The van der Waals surface area contributed by atoms with Crippen LogP contribution >= 0.6 is 27.5 Å². The van der Waals surface area contributed by atoms with Crippen molar-refractivity contribution in [3.05, 3.63) is 123 Å². The summed E-state index contributed by atoms with van der Waals surface area (Å²) < 4.78 is 12.2. The molecule has 0 spiro atoms. The van der Waals surface area contributed by atoms with Crippen molar-refractivity contribution >= 4 is 51.0 Å². The van der Waals surface area contributed by atoms with Crippen molar-refractivity contribution in [3.8, 4) is 11.5 Å². The van der Waals surface area contributed by atoms with Crippen LogP contribution in [0.15, 0.2) is 95.5 Å². The Bertz CT molecular complexity index is 1470. The average Bonchev–Trinajstić information content (AvgIpc) is 3.15. The van der Waals surface area contributed by atoms with Gasteiger partial charge in [-0.25, -0.2) is 9.69 Å². The minimum absolute atomic E-state index is 0.128. The summed E-state index contributed by atoms with van der Waals surface area (Å²) in [4.78, 5) is 39.9. The van der Waals surface area contributed by atoms with Crippen molar-refractivity contribution in [2.45, 2.75) is 6.61 Å². The molecule has 0 saturated carbocycles. The Balaban J connectivity index is 1.33. The first kappa shape index (κ1) is 23.8. The van der Waals surface area contributed by atoms with Crippen LogP contribution in [-0.2, 0) is 11.3 Å². The minimum atomic E-state index is -0.509. The third-order valence-corrected chi connectivity index (χ3v) is 6.34. The molecule has 4 aromatic carbocycles. The van der Waals surface area contributed by atoms with Gasteiger partial charge >= 0.3 is 5.97 Å². The monoisotopic (exact) mass is 561 g/mol. The van der Waals surface area contributed by atoms with E-state index in [0.717, 1.165) is 14.9 Å². The van der Waals surface area contributed by atoms with Crippen LogP contribution in [0.4, 0.5) is 5.69 Å². The number of imide groups is 1. The van der Waals surface area contributed by atoms with Crippen molar-refractivity contribution in [1.82, 2.24) is 0 Å². The van der Waals surface area contributed by atoms with Gasteiger partial charge < -0.3 is 9.47 Å². The maximum atomic E-state index is 13.3. The second-order valence-electron chi connectivity index (χ2n) is 7.93. The SMILES string of the molecule is O=C(OCc1ccc(Br)cc1)c1ccc(N2C(=O)c3cccc(Oc4ccc(Cl)cc4)c3C2=O)cc1. The van der Waals surface area contributed by atoms with Gasteiger partial charge in [-0.1, -0.05) is 45.7 Å². The fourth-order valence-electron chi connectivity index (χ4n) is 3.76. The van der Waals surface area contributed by atoms with E-state index in [9.17, 15) is 14.4 Å². The van der Waals surface area contributed by atoms with E-state index in [-0.39, 0.29) is 23.5 Å². The molecule has 0 atom stereocenters. The highest BCUT2D eigenvalue weighted by atomic mass is 79.9. The molecule has 0 radical (unpaired) electrons. The van der Waals surface area contributed by atoms with Crippen LogP contribution in [0, 0.1) is 0 Å². The van der Waals surface area contributed by atoms with E-state index < -0.39 is 17.8 Å². The molecule has 2 amide bonds. The van der Waals surface area contributed by atoms with Gasteiger partial charge in [-0.05, 0) is 78.4 Å². The van der Waals surface area contributed by atoms with E-state index in [2.05, 4.69) is 15.9 Å². The van der Waals surface area contributed by atoms with Gasteiger partial charge in [0.05, 0.1) is 22.4 Å². The van der Waals surface area contributed by atoms with Crippen molar-refractivity contribution in [1.29, 1.82) is 0 Å². The third kappa shape index (κ3) is 4.76. The zero-order chi connectivity index (χ0) is 25.2. The third-order valence-electron chi connectivity index (χ3n) is 5.56. The topological polar surface area (TPSA) is 72.9 Å². The maximum Gasteiger partial charge on any atom is 0.338 e. The second-order valence-corrected chi connectivity index (χ2v) is 9.28. The summed E-state index contributed by atoms with van der Waals surface area (Å²) >= 11 is 9.29. The highest BCUT2D eigenvalue weighted by Gasteiger charge is 2.39. The van der Waals surface area contributed by atoms with Gasteiger partial charge in [0.25, 0.3) is 11.8 Å². The number of carbonyl (C=O) groups excluding carboxylic acids is 3. The molecular weight excluding hydrogens is 546 g/mol. The highest BCUT2D eigenvalue weighted by Crippen LogP contribution is 2.36. The largest absolute Gasteiger partial charge is 0.457 e. The van der Waals surface area contributed by atoms with Crippen molar-refractivity contribution < 1.29 is 23.9 Å². The van der Waals surface area contributed by atoms with Gasteiger partial charge in [0, 0.05) is 9.50 Å². The first-order chi connectivity index (χ1) is 17.4. The number of fused-ring (bicyclic) bond motifs is 1. The van der Waals surface area contributed by atoms with Crippen LogP contribution in [-0.4, -0.2) is 17.8 Å². The van der Waals surface area contributed by atoms with Gasteiger partial charge in [-0.2, -0.15) is 0 Å². The number of benzene rings is 4. The van der Waals surface area contributed by atoms with Crippen LogP contribution in [0.2, 0.25) is 5.02 Å². The molecule has 8 heteroatoms. The summed E-state index contributed by atoms with van der Waals surface area (Å²) in [6.07, 6.45) is 0. The smallest absolute Gasteiger partial charge is 0.338 e. The Labute approximate surface area is 220 Å². The molecule has 0 aromatic heterocycles. The molecule has 178 valence electrons. The number of halogens is 2. The Morgan fingerprint density at radius 2 is 1.53 bits per heavy atom. The first-order valence-corrected chi connectivity index (χ1v) is 12.0. The van der Waals surface area contributed by atoms with Crippen molar-refractivity contribution in [2.75, 3.05) is 4.90 Å². The lowest BCUT2D eigenvalue weighted by Gasteiger charge is -2.14. The van der Waals surface area contributed by atoms with E-state index in [0.29, 0.717) is 22.0 Å². The van der Waals surface area contributed by atoms with Crippen LogP contribution in [0.5, 0.6) is 11.5 Å². The second kappa shape index (κ2) is 9.97. The standard InChI is InChI=1S/C28H17BrClNO5/c29-19-8-4-17(5-9-19)16-35-28(34)18-6-12-21(13-7-18)31-26(32)23-2-1-3-24(25(23)27(31)33)36-22-14-10-20(30)11-15-22/h1-15H,16H2. The molecule has 36 heavy (non-hydrogen) atoms. The molecule has 0 aliphatic carbocycles. The number of amides is 2. The molecule has 0 unspecified atom stereocenters. The Kier molecular flexibility index (Phi) is 6.59. The average molecular weight is 563 g/mol. The van der Waals surface area contributed by atoms with Crippen LogP contribution < -0.4 is 9.64 Å². The number of rotatable bonds is 6. The molecular formula is C28H17BrClNO5. The number of hydrogen-bond acceptors (Lipinski definition) is 5. The summed E-state index contributed by atoms with van der Waals surface area (Å²) in [6, 6.07) is 25.1. The number of ether oxygens (including phenoxy) is 2. The summed E-state index contributed by atoms with van der Waals surface area (Å²) in [7, 11) is 0. The first-order valence-electron chi connectivity index (χ1n) is 10.9. The van der Waals surface area contributed by atoms with E-state index in [4.69, 9.17) is 21.1 Å². The van der Waals surface area contributed by atoms with Crippen LogP contribution in [0.3, 0.4) is 0 Å². The van der Waals surface area contributed by atoms with Crippen molar-refractivity contribution in [2.24, 2.45) is 0 Å². The lowest BCUT2D eigenvalue weighted by molar-refractivity contribution is 0.0472.